The molecule has 4 rings (SSSR count). The maximum atomic E-state index is 14.4. The molecule has 1 aromatic carbocycles. The maximum Gasteiger partial charge on any atom is 0.165 e. The van der Waals surface area contributed by atoms with Crippen molar-refractivity contribution in [3.63, 3.8) is 0 Å². The summed E-state index contributed by atoms with van der Waals surface area (Å²) in [5.74, 6) is 5.58. The SMILES string of the molecule is C/C=C/COc1ccc(C2CCC(C3CCC4CC(C)CCC4C3)CC2)cc1F. The van der Waals surface area contributed by atoms with Gasteiger partial charge in [-0.1, -0.05) is 31.6 Å². The highest BCUT2D eigenvalue weighted by molar-refractivity contribution is 5.31. The smallest absolute Gasteiger partial charge is 0.165 e. The van der Waals surface area contributed by atoms with E-state index in [9.17, 15) is 4.39 Å². The third-order valence-electron chi connectivity index (χ3n) is 8.35. The Kier molecular flexibility index (Phi) is 6.98. The minimum Gasteiger partial charge on any atom is -0.486 e. The molecule has 0 radical (unpaired) electrons. The van der Waals surface area contributed by atoms with E-state index in [0.717, 1.165) is 29.6 Å². The summed E-state index contributed by atoms with van der Waals surface area (Å²) in [7, 11) is 0. The molecule has 3 fully saturated rings. The number of hydrogen-bond acceptors (Lipinski definition) is 1. The fourth-order valence-electron chi connectivity index (χ4n) is 6.63. The summed E-state index contributed by atoms with van der Waals surface area (Å²) in [4.78, 5) is 0. The lowest BCUT2D eigenvalue weighted by molar-refractivity contribution is 0.0672. The average molecular weight is 399 g/mol. The van der Waals surface area contributed by atoms with Crippen molar-refractivity contribution in [2.24, 2.45) is 29.6 Å². The van der Waals surface area contributed by atoms with Crippen molar-refractivity contribution >= 4 is 0 Å². The van der Waals surface area contributed by atoms with E-state index in [1.165, 1.54) is 69.8 Å². The van der Waals surface area contributed by atoms with E-state index in [4.69, 9.17) is 4.74 Å². The molecule has 0 N–H and O–H groups in total. The molecule has 0 spiro atoms. The van der Waals surface area contributed by atoms with Crippen LogP contribution in [-0.4, -0.2) is 6.61 Å². The molecule has 0 saturated heterocycles. The van der Waals surface area contributed by atoms with Gasteiger partial charge in [0.15, 0.2) is 11.6 Å². The summed E-state index contributed by atoms with van der Waals surface area (Å²) >= 11 is 0. The van der Waals surface area contributed by atoms with Crippen molar-refractivity contribution in [2.75, 3.05) is 6.61 Å². The van der Waals surface area contributed by atoms with Crippen LogP contribution in [0.1, 0.15) is 89.5 Å². The Morgan fingerprint density at radius 3 is 2.28 bits per heavy atom. The monoisotopic (exact) mass is 398 g/mol. The lowest BCUT2D eigenvalue weighted by Gasteiger charge is -2.45. The zero-order valence-electron chi connectivity index (χ0n) is 18.4. The lowest BCUT2D eigenvalue weighted by atomic mass is 9.61. The van der Waals surface area contributed by atoms with Gasteiger partial charge in [-0.25, -0.2) is 4.39 Å². The summed E-state index contributed by atoms with van der Waals surface area (Å²) in [5.41, 5.74) is 1.17. The lowest BCUT2D eigenvalue weighted by Crippen LogP contribution is -2.34. The Labute approximate surface area is 177 Å². The van der Waals surface area contributed by atoms with Crippen molar-refractivity contribution in [2.45, 2.75) is 84.0 Å². The van der Waals surface area contributed by atoms with Crippen LogP contribution in [0.15, 0.2) is 30.4 Å². The number of benzene rings is 1. The van der Waals surface area contributed by atoms with Crippen LogP contribution in [0, 0.1) is 35.4 Å². The summed E-state index contributed by atoms with van der Waals surface area (Å²) in [6.07, 6.45) is 17.8. The second kappa shape index (κ2) is 9.67. The van der Waals surface area contributed by atoms with Crippen molar-refractivity contribution in [1.82, 2.24) is 0 Å². The first-order valence-corrected chi connectivity index (χ1v) is 12.2. The molecule has 0 heterocycles. The summed E-state index contributed by atoms with van der Waals surface area (Å²) < 4.78 is 19.9. The second-order valence-electron chi connectivity index (χ2n) is 10.2. The Bertz CT molecular complexity index is 688. The summed E-state index contributed by atoms with van der Waals surface area (Å²) in [6.45, 7) is 4.83. The van der Waals surface area contributed by atoms with Gasteiger partial charge in [0, 0.05) is 0 Å². The van der Waals surface area contributed by atoms with Gasteiger partial charge in [0.1, 0.15) is 6.61 Å². The number of fused-ring (bicyclic) bond motifs is 1. The molecule has 29 heavy (non-hydrogen) atoms. The number of hydrogen-bond donors (Lipinski definition) is 0. The minimum absolute atomic E-state index is 0.209. The van der Waals surface area contributed by atoms with E-state index in [1.54, 1.807) is 6.07 Å². The molecular weight excluding hydrogens is 359 g/mol. The Morgan fingerprint density at radius 2 is 1.55 bits per heavy atom. The normalized spacial score (nSPS) is 35.4. The van der Waals surface area contributed by atoms with Gasteiger partial charge < -0.3 is 4.74 Å². The van der Waals surface area contributed by atoms with Crippen LogP contribution < -0.4 is 4.74 Å². The first-order chi connectivity index (χ1) is 14.1. The molecule has 0 amide bonds. The summed E-state index contributed by atoms with van der Waals surface area (Å²) in [5, 5.41) is 0. The molecule has 1 aromatic rings. The van der Waals surface area contributed by atoms with Gasteiger partial charge in [-0.05, 0) is 118 Å². The molecule has 1 nitrogen and oxygen atoms in total. The first kappa shape index (κ1) is 20.9. The van der Waals surface area contributed by atoms with Gasteiger partial charge in [0.25, 0.3) is 0 Å². The van der Waals surface area contributed by atoms with Gasteiger partial charge >= 0.3 is 0 Å². The number of halogens is 1. The molecule has 160 valence electrons. The topological polar surface area (TPSA) is 9.23 Å². The number of rotatable bonds is 5. The Morgan fingerprint density at radius 1 is 0.897 bits per heavy atom. The van der Waals surface area contributed by atoms with Crippen LogP contribution >= 0.6 is 0 Å². The molecule has 2 heteroatoms. The van der Waals surface area contributed by atoms with Gasteiger partial charge in [-0.3, -0.25) is 0 Å². The third kappa shape index (κ3) is 5.06. The van der Waals surface area contributed by atoms with Crippen LogP contribution in [0.3, 0.4) is 0 Å². The van der Waals surface area contributed by atoms with E-state index >= 15 is 0 Å². The van der Waals surface area contributed by atoms with Crippen molar-refractivity contribution < 1.29 is 9.13 Å². The van der Waals surface area contributed by atoms with Gasteiger partial charge in [0.05, 0.1) is 0 Å². The molecular formula is C27H39FO. The minimum atomic E-state index is -0.209. The van der Waals surface area contributed by atoms with Gasteiger partial charge in [-0.15, -0.1) is 0 Å². The van der Waals surface area contributed by atoms with E-state index < -0.39 is 0 Å². The summed E-state index contributed by atoms with van der Waals surface area (Å²) in [6, 6.07) is 5.64. The van der Waals surface area contributed by atoms with E-state index in [1.807, 2.05) is 25.1 Å². The van der Waals surface area contributed by atoms with Crippen LogP contribution in [0.25, 0.3) is 0 Å². The highest BCUT2D eigenvalue weighted by atomic mass is 19.1. The van der Waals surface area contributed by atoms with E-state index in [-0.39, 0.29) is 5.82 Å². The molecule has 4 atom stereocenters. The predicted octanol–water partition coefficient (Wildman–Crippen LogP) is 7.91. The molecule has 0 bridgehead atoms. The largest absolute Gasteiger partial charge is 0.486 e. The predicted molar refractivity (Wildman–Crippen MR) is 119 cm³/mol. The highest BCUT2D eigenvalue weighted by Crippen LogP contribution is 2.49. The molecule has 3 aliphatic carbocycles. The average Bonchev–Trinajstić information content (AvgIpc) is 2.75. The van der Waals surface area contributed by atoms with Crippen LogP contribution in [0.4, 0.5) is 4.39 Å². The molecule has 4 unspecified atom stereocenters. The zero-order chi connectivity index (χ0) is 20.2. The van der Waals surface area contributed by atoms with Crippen LogP contribution in [-0.2, 0) is 0 Å². The van der Waals surface area contributed by atoms with Crippen LogP contribution in [0.5, 0.6) is 5.75 Å². The molecule has 3 saturated carbocycles. The van der Waals surface area contributed by atoms with E-state index in [0.29, 0.717) is 18.3 Å². The van der Waals surface area contributed by atoms with Gasteiger partial charge in [0.2, 0.25) is 0 Å². The van der Waals surface area contributed by atoms with Crippen molar-refractivity contribution in [3.8, 4) is 5.75 Å². The standard InChI is InChI=1S/C27H39FO/c1-3-4-15-29-27-14-13-25(18-26(27)28)21-9-7-20(8-10-21)23-12-11-22-16-19(2)5-6-24(22)17-23/h3-4,13-14,18-24H,5-12,15-17H2,1-2H3/b4-3+. The van der Waals surface area contributed by atoms with Crippen LogP contribution in [0.2, 0.25) is 0 Å². The Hall–Kier alpha value is -1.31. The maximum absolute atomic E-state index is 14.4. The highest BCUT2D eigenvalue weighted by Gasteiger charge is 2.38. The molecule has 3 aliphatic rings. The van der Waals surface area contributed by atoms with Crippen molar-refractivity contribution in [1.29, 1.82) is 0 Å². The zero-order valence-corrected chi connectivity index (χ0v) is 18.4. The van der Waals surface area contributed by atoms with E-state index in [2.05, 4.69) is 13.0 Å². The fraction of sp³-hybridized carbons (Fsp3) is 0.704. The van der Waals surface area contributed by atoms with Gasteiger partial charge in [-0.2, -0.15) is 0 Å². The van der Waals surface area contributed by atoms with Crippen molar-refractivity contribution in [3.05, 3.63) is 41.7 Å². The quantitative estimate of drug-likeness (QED) is 0.458. The molecule has 0 aliphatic heterocycles. The number of ether oxygens (including phenoxy) is 1. The fourth-order valence-corrected chi connectivity index (χ4v) is 6.63. The first-order valence-electron chi connectivity index (χ1n) is 12.2. The Balaban J connectivity index is 1.29. The molecule has 0 aromatic heterocycles. The number of allylic oxidation sites excluding steroid dienone is 1. The second-order valence-corrected chi connectivity index (χ2v) is 10.2. The third-order valence-corrected chi connectivity index (χ3v) is 8.35.